The molecule has 0 unspecified atom stereocenters. The topological polar surface area (TPSA) is 46.2 Å². The molecule has 0 aromatic heterocycles. The lowest BCUT2D eigenvalue weighted by atomic mass is 10.1. The van der Waals surface area contributed by atoms with Crippen LogP contribution >= 0.6 is 15.9 Å². The number of hydrogen-bond acceptors (Lipinski definition) is 2. The third-order valence-electron chi connectivity index (χ3n) is 1.81. The van der Waals surface area contributed by atoms with Gasteiger partial charge in [-0.25, -0.2) is 4.39 Å². The van der Waals surface area contributed by atoms with Gasteiger partial charge in [-0.05, 0) is 31.5 Å². The van der Waals surface area contributed by atoms with Crippen molar-refractivity contribution in [3.05, 3.63) is 28.0 Å². The monoisotopic (exact) mass is 247 g/mol. The van der Waals surface area contributed by atoms with Crippen LogP contribution in [0.15, 0.2) is 16.6 Å². The SMILES string of the molecule is NCCCc1c(Br)ccc(F)c1O. The van der Waals surface area contributed by atoms with Crippen LogP contribution in [0.3, 0.4) is 0 Å². The van der Waals surface area contributed by atoms with E-state index in [0.29, 0.717) is 18.5 Å². The Morgan fingerprint density at radius 2 is 2.15 bits per heavy atom. The van der Waals surface area contributed by atoms with Crippen LogP contribution in [0.2, 0.25) is 0 Å². The lowest BCUT2D eigenvalue weighted by Crippen LogP contribution is -2.01. The average Bonchev–Trinajstić information content (AvgIpc) is 2.12. The molecule has 4 heteroatoms. The Hall–Kier alpha value is -0.610. The first-order valence-electron chi connectivity index (χ1n) is 4.02. The van der Waals surface area contributed by atoms with Gasteiger partial charge >= 0.3 is 0 Å². The molecule has 0 aliphatic rings. The Balaban J connectivity index is 2.96. The maximum absolute atomic E-state index is 12.9. The van der Waals surface area contributed by atoms with Crippen molar-refractivity contribution in [2.75, 3.05) is 6.54 Å². The lowest BCUT2D eigenvalue weighted by molar-refractivity contribution is 0.424. The fourth-order valence-corrected chi connectivity index (χ4v) is 1.62. The number of phenols is 1. The van der Waals surface area contributed by atoms with Crippen LogP contribution in [0.5, 0.6) is 5.75 Å². The van der Waals surface area contributed by atoms with Gasteiger partial charge in [-0.15, -0.1) is 0 Å². The van der Waals surface area contributed by atoms with Crippen molar-refractivity contribution in [2.24, 2.45) is 5.73 Å². The van der Waals surface area contributed by atoms with Crippen LogP contribution < -0.4 is 5.73 Å². The zero-order chi connectivity index (χ0) is 9.84. The molecule has 0 aliphatic carbocycles. The second-order valence-corrected chi connectivity index (χ2v) is 3.60. The van der Waals surface area contributed by atoms with E-state index in [0.717, 1.165) is 10.9 Å². The van der Waals surface area contributed by atoms with E-state index < -0.39 is 5.82 Å². The second kappa shape index (κ2) is 4.58. The van der Waals surface area contributed by atoms with Gasteiger partial charge in [0.1, 0.15) is 0 Å². The van der Waals surface area contributed by atoms with Crippen molar-refractivity contribution < 1.29 is 9.50 Å². The first-order valence-corrected chi connectivity index (χ1v) is 4.82. The second-order valence-electron chi connectivity index (χ2n) is 2.75. The summed E-state index contributed by atoms with van der Waals surface area (Å²) in [5.74, 6) is -0.863. The Morgan fingerprint density at radius 3 is 2.77 bits per heavy atom. The van der Waals surface area contributed by atoms with Gasteiger partial charge in [-0.1, -0.05) is 15.9 Å². The van der Waals surface area contributed by atoms with E-state index in [1.165, 1.54) is 6.07 Å². The van der Waals surface area contributed by atoms with Crippen molar-refractivity contribution in [1.82, 2.24) is 0 Å². The Morgan fingerprint density at radius 1 is 1.46 bits per heavy atom. The van der Waals surface area contributed by atoms with Gasteiger partial charge in [-0.2, -0.15) is 0 Å². The number of aromatic hydroxyl groups is 1. The molecule has 0 atom stereocenters. The van der Waals surface area contributed by atoms with Crippen LogP contribution in [0.1, 0.15) is 12.0 Å². The average molecular weight is 248 g/mol. The lowest BCUT2D eigenvalue weighted by Gasteiger charge is -2.06. The third kappa shape index (κ3) is 2.42. The molecule has 0 amide bonds. The summed E-state index contributed by atoms with van der Waals surface area (Å²) in [7, 11) is 0. The van der Waals surface area contributed by atoms with Crippen LogP contribution in [-0.4, -0.2) is 11.7 Å². The molecule has 3 N–H and O–H groups in total. The molecule has 0 spiro atoms. The zero-order valence-corrected chi connectivity index (χ0v) is 8.64. The summed E-state index contributed by atoms with van der Waals surface area (Å²) < 4.78 is 13.6. The number of halogens is 2. The molecule has 1 rings (SSSR count). The van der Waals surface area contributed by atoms with Crippen LogP contribution in [0.25, 0.3) is 0 Å². The van der Waals surface area contributed by atoms with Crippen molar-refractivity contribution in [2.45, 2.75) is 12.8 Å². The molecule has 0 bridgehead atoms. The summed E-state index contributed by atoms with van der Waals surface area (Å²) in [4.78, 5) is 0. The molecule has 0 radical (unpaired) electrons. The number of nitrogens with two attached hydrogens (primary N) is 1. The number of rotatable bonds is 3. The van der Waals surface area contributed by atoms with E-state index in [-0.39, 0.29) is 5.75 Å². The molecule has 1 aromatic rings. The van der Waals surface area contributed by atoms with Gasteiger partial charge < -0.3 is 10.8 Å². The Kier molecular flexibility index (Phi) is 3.69. The minimum Gasteiger partial charge on any atom is -0.505 e. The first kappa shape index (κ1) is 10.5. The molecule has 0 saturated heterocycles. The predicted octanol–water partition coefficient (Wildman–Crippen LogP) is 2.19. The molecule has 2 nitrogen and oxygen atoms in total. The highest BCUT2D eigenvalue weighted by Crippen LogP contribution is 2.29. The van der Waals surface area contributed by atoms with Gasteiger partial charge in [0.25, 0.3) is 0 Å². The third-order valence-corrected chi connectivity index (χ3v) is 2.55. The van der Waals surface area contributed by atoms with Gasteiger partial charge in [0.05, 0.1) is 0 Å². The maximum atomic E-state index is 12.9. The summed E-state index contributed by atoms with van der Waals surface area (Å²) in [6.07, 6.45) is 1.32. The standard InChI is InChI=1S/C9H11BrFNO/c10-7-3-4-8(11)9(13)6(7)2-1-5-12/h3-4,13H,1-2,5,12H2. The summed E-state index contributed by atoms with van der Waals surface area (Å²) in [5, 5.41) is 9.36. The molecule has 13 heavy (non-hydrogen) atoms. The minimum absolute atomic E-state index is 0.275. The number of hydrogen-bond donors (Lipinski definition) is 2. The van der Waals surface area contributed by atoms with E-state index in [4.69, 9.17) is 5.73 Å². The van der Waals surface area contributed by atoms with E-state index >= 15 is 0 Å². The summed E-state index contributed by atoms with van der Waals surface area (Å²) in [6.45, 7) is 0.530. The van der Waals surface area contributed by atoms with Gasteiger partial charge in [0, 0.05) is 10.0 Å². The zero-order valence-electron chi connectivity index (χ0n) is 7.06. The van der Waals surface area contributed by atoms with Gasteiger partial charge in [0.2, 0.25) is 0 Å². The van der Waals surface area contributed by atoms with Crippen LogP contribution in [0.4, 0.5) is 4.39 Å². The van der Waals surface area contributed by atoms with Crippen LogP contribution in [0, 0.1) is 5.82 Å². The summed E-state index contributed by atoms with van der Waals surface area (Å²) in [5.41, 5.74) is 5.91. The number of phenolic OH excluding ortho intramolecular Hbond substituents is 1. The molecule has 0 saturated carbocycles. The van der Waals surface area contributed by atoms with Gasteiger partial charge in [-0.3, -0.25) is 0 Å². The summed E-state index contributed by atoms with van der Waals surface area (Å²) in [6, 6.07) is 2.81. The normalized spacial score (nSPS) is 10.4. The predicted molar refractivity (Wildman–Crippen MR) is 53.1 cm³/mol. The first-order chi connectivity index (χ1) is 6.16. The largest absolute Gasteiger partial charge is 0.505 e. The quantitative estimate of drug-likeness (QED) is 0.861. The van der Waals surface area contributed by atoms with E-state index in [2.05, 4.69) is 15.9 Å². The Bertz CT molecular complexity index is 304. The van der Waals surface area contributed by atoms with Crippen molar-refractivity contribution >= 4 is 15.9 Å². The number of benzene rings is 1. The molecule has 72 valence electrons. The highest BCUT2D eigenvalue weighted by atomic mass is 79.9. The summed E-state index contributed by atoms with van der Waals surface area (Å²) >= 11 is 3.24. The molecule has 0 fully saturated rings. The molecule has 0 heterocycles. The Labute approximate surface area is 84.7 Å². The van der Waals surface area contributed by atoms with Crippen LogP contribution in [-0.2, 0) is 6.42 Å². The van der Waals surface area contributed by atoms with Crippen molar-refractivity contribution in [3.8, 4) is 5.75 Å². The molecular formula is C9H11BrFNO. The van der Waals surface area contributed by atoms with E-state index in [1.54, 1.807) is 6.07 Å². The molecule has 0 aliphatic heterocycles. The fourth-order valence-electron chi connectivity index (χ4n) is 1.10. The van der Waals surface area contributed by atoms with Crippen molar-refractivity contribution in [1.29, 1.82) is 0 Å². The molecule has 1 aromatic carbocycles. The highest BCUT2D eigenvalue weighted by molar-refractivity contribution is 9.10. The maximum Gasteiger partial charge on any atom is 0.165 e. The fraction of sp³-hybridized carbons (Fsp3) is 0.333. The van der Waals surface area contributed by atoms with E-state index in [9.17, 15) is 9.50 Å². The van der Waals surface area contributed by atoms with Gasteiger partial charge in [0.15, 0.2) is 11.6 Å². The molecular weight excluding hydrogens is 237 g/mol. The van der Waals surface area contributed by atoms with E-state index in [1.807, 2.05) is 0 Å². The minimum atomic E-state index is -0.588. The smallest absolute Gasteiger partial charge is 0.165 e. The van der Waals surface area contributed by atoms with Crippen molar-refractivity contribution in [3.63, 3.8) is 0 Å². The highest BCUT2D eigenvalue weighted by Gasteiger charge is 2.09.